The minimum Gasteiger partial charge on any atom is -0.490 e. The Morgan fingerprint density at radius 1 is 1.03 bits per heavy atom. The van der Waals surface area contributed by atoms with Crippen LogP contribution in [0.1, 0.15) is 15.9 Å². The summed E-state index contributed by atoms with van der Waals surface area (Å²) in [6.07, 6.45) is 1.09. The van der Waals surface area contributed by atoms with E-state index in [1.54, 1.807) is 42.5 Å². The number of carbonyl (C=O) groups excluding carboxylic acids is 1. The third-order valence-corrected chi connectivity index (χ3v) is 5.99. The fraction of sp³-hybridized carbons (Fsp3) is 0.174. The molecule has 1 amide bonds. The lowest BCUT2D eigenvalue weighted by molar-refractivity contribution is 0.0947. The maximum Gasteiger partial charge on any atom is 0.251 e. The minimum atomic E-state index is -3.59. The van der Waals surface area contributed by atoms with Gasteiger partial charge in [0.1, 0.15) is 18.2 Å². The van der Waals surface area contributed by atoms with E-state index < -0.39 is 15.8 Å². The molecule has 0 aliphatic carbocycles. The first kappa shape index (κ1) is 23.6. The Bertz CT molecular complexity index is 1170. The average molecular weight is 477 g/mol. The largest absolute Gasteiger partial charge is 0.490 e. The molecule has 0 aromatic heterocycles. The fourth-order valence-electron chi connectivity index (χ4n) is 2.92. The number of nitrogens with zero attached hydrogens (tertiary/aromatic N) is 1. The molecule has 0 fully saturated rings. The van der Waals surface area contributed by atoms with Crippen molar-refractivity contribution in [1.29, 1.82) is 0 Å². The number of amides is 1. The summed E-state index contributed by atoms with van der Waals surface area (Å²) in [6, 6.07) is 18.9. The summed E-state index contributed by atoms with van der Waals surface area (Å²) >= 11 is 6.02. The van der Waals surface area contributed by atoms with Crippen LogP contribution in [0.5, 0.6) is 5.75 Å². The van der Waals surface area contributed by atoms with E-state index in [-0.39, 0.29) is 25.6 Å². The number of hydrogen-bond acceptors (Lipinski definition) is 4. The van der Waals surface area contributed by atoms with Gasteiger partial charge in [-0.2, -0.15) is 0 Å². The Hall–Kier alpha value is -3.10. The Kier molecular flexibility index (Phi) is 7.71. The zero-order valence-corrected chi connectivity index (χ0v) is 18.9. The van der Waals surface area contributed by atoms with Crippen LogP contribution in [-0.2, 0) is 16.6 Å². The molecule has 0 aliphatic heterocycles. The molecule has 0 aliphatic rings. The molecular weight excluding hydrogens is 455 g/mol. The van der Waals surface area contributed by atoms with Gasteiger partial charge in [0, 0.05) is 5.56 Å². The summed E-state index contributed by atoms with van der Waals surface area (Å²) in [6.45, 7) is 0.602. The zero-order chi connectivity index (χ0) is 23.1. The number of sulfonamides is 1. The number of nitrogens with one attached hydrogen (secondary N) is 1. The van der Waals surface area contributed by atoms with Crippen LogP contribution in [0.4, 0.5) is 10.1 Å². The molecule has 9 heteroatoms. The molecule has 0 spiro atoms. The van der Waals surface area contributed by atoms with Crippen LogP contribution >= 0.6 is 11.6 Å². The van der Waals surface area contributed by atoms with Gasteiger partial charge < -0.3 is 10.1 Å². The van der Waals surface area contributed by atoms with Crippen LogP contribution < -0.4 is 14.4 Å². The lowest BCUT2D eigenvalue weighted by Gasteiger charge is -2.22. The van der Waals surface area contributed by atoms with E-state index >= 15 is 0 Å². The molecule has 168 valence electrons. The van der Waals surface area contributed by atoms with Crippen LogP contribution in [0.2, 0.25) is 5.02 Å². The number of rotatable bonds is 9. The third kappa shape index (κ3) is 6.45. The zero-order valence-electron chi connectivity index (χ0n) is 17.3. The second kappa shape index (κ2) is 10.5. The van der Waals surface area contributed by atoms with Gasteiger partial charge in [-0.1, -0.05) is 35.9 Å². The molecular formula is C23H22ClFN2O4S. The van der Waals surface area contributed by atoms with Crippen molar-refractivity contribution in [2.24, 2.45) is 0 Å². The van der Waals surface area contributed by atoms with Crippen LogP contribution in [0.3, 0.4) is 0 Å². The Morgan fingerprint density at radius 2 is 1.69 bits per heavy atom. The first-order chi connectivity index (χ1) is 15.2. The molecule has 0 bridgehead atoms. The number of anilines is 1. The second-order valence-corrected chi connectivity index (χ2v) is 9.29. The van der Waals surface area contributed by atoms with E-state index in [0.717, 1.165) is 6.26 Å². The average Bonchev–Trinajstić information content (AvgIpc) is 2.76. The predicted octanol–water partition coefficient (Wildman–Crippen LogP) is 4.25. The predicted molar refractivity (Wildman–Crippen MR) is 123 cm³/mol. The summed E-state index contributed by atoms with van der Waals surface area (Å²) in [4.78, 5) is 12.3. The molecule has 32 heavy (non-hydrogen) atoms. The smallest absolute Gasteiger partial charge is 0.251 e. The number of halogens is 2. The van der Waals surface area contributed by atoms with Gasteiger partial charge in [-0.25, -0.2) is 12.8 Å². The number of hydrogen-bond donors (Lipinski definition) is 1. The van der Waals surface area contributed by atoms with Crippen molar-refractivity contribution in [3.05, 3.63) is 94.8 Å². The van der Waals surface area contributed by atoms with Crippen molar-refractivity contribution >= 4 is 33.2 Å². The van der Waals surface area contributed by atoms with Crippen molar-refractivity contribution in [3.63, 3.8) is 0 Å². The van der Waals surface area contributed by atoms with E-state index in [1.807, 2.05) is 6.07 Å². The van der Waals surface area contributed by atoms with E-state index in [4.69, 9.17) is 16.3 Å². The third-order valence-electron chi connectivity index (χ3n) is 4.54. The van der Waals surface area contributed by atoms with Gasteiger partial charge in [0.05, 0.1) is 30.1 Å². The highest BCUT2D eigenvalue weighted by atomic mass is 35.5. The van der Waals surface area contributed by atoms with Gasteiger partial charge in [0.2, 0.25) is 10.0 Å². The number of carbonyl (C=O) groups is 1. The molecule has 0 unspecified atom stereocenters. The highest BCUT2D eigenvalue weighted by Gasteiger charge is 2.18. The molecule has 0 heterocycles. The molecule has 0 saturated carbocycles. The second-order valence-electron chi connectivity index (χ2n) is 6.98. The molecule has 0 atom stereocenters. The Balaban J connectivity index is 1.58. The quantitative estimate of drug-likeness (QED) is 0.468. The molecule has 3 aromatic carbocycles. The van der Waals surface area contributed by atoms with Crippen molar-refractivity contribution < 1.29 is 22.3 Å². The summed E-state index contributed by atoms with van der Waals surface area (Å²) in [7, 11) is -3.59. The molecule has 0 radical (unpaired) electrons. The first-order valence-corrected chi connectivity index (χ1v) is 11.9. The van der Waals surface area contributed by atoms with Gasteiger partial charge in [0.15, 0.2) is 0 Å². The fourth-order valence-corrected chi connectivity index (χ4v) is 4.00. The normalized spacial score (nSPS) is 11.1. The summed E-state index contributed by atoms with van der Waals surface area (Å²) in [5, 5.41) is 3.25. The number of para-hydroxylation sites is 1. The summed E-state index contributed by atoms with van der Waals surface area (Å²) < 4.78 is 44.3. The molecule has 0 saturated heterocycles. The van der Waals surface area contributed by atoms with Gasteiger partial charge >= 0.3 is 0 Å². The van der Waals surface area contributed by atoms with Crippen molar-refractivity contribution in [2.75, 3.05) is 23.7 Å². The molecule has 3 aromatic rings. The monoisotopic (exact) mass is 476 g/mol. The first-order valence-electron chi connectivity index (χ1n) is 9.72. The van der Waals surface area contributed by atoms with Crippen LogP contribution in [0.25, 0.3) is 0 Å². The van der Waals surface area contributed by atoms with Crippen molar-refractivity contribution in [3.8, 4) is 5.75 Å². The van der Waals surface area contributed by atoms with Crippen molar-refractivity contribution in [2.45, 2.75) is 6.54 Å². The lowest BCUT2D eigenvalue weighted by atomic mass is 10.1. The molecule has 1 N–H and O–H groups in total. The lowest BCUT2D eigenvalue weighted by Crippen LogP contribution is -2.29. The SMILES string of the molecule is CS(=O)(=O)N(Cc1ccc(C(=O)NCCOc2ccccc2Cl)cc1)c1ccc(F)cc1. The highest BCUT2D eigenvalue weighted by Crippen LogP contribution is 2.23. The standard InChI is InChI=1S/C23H22ClFN2O4S/c1-32(29,30)27(20-12-10-19(25)11-13-20)16-17-6-8-18(9-7-17)23(28)26-14-15-31-22-5-3-2-4-21(22)24/h2-13H,14-16H2,1H3,(H,26,28). The summed E-state index contributed by atoms with van der Waals surface area (Å²) in [5.74, 6) is -0.183. The van der Waals surface area contributed by atoms with Gasteiger partial charge in [-0.15, -0.1) is 0 Å². The van der Waals surface area contributed by atoms with Crippen LogP contribution in [0.15, 0.2) is 72.8 Å². The Morgan fingerprint density at radius 3 is 2.31 bits per heavy atom. The van der Waals surface area contributed by atoms with E-state index in [1.165, 1.54) is 28.6 Å². The van der Waals surface area contributed by atoms with Crippen LogP contribution in [0, 0.1) is 5.82 Å². The van der Waals surface area contributed by atoms with Gasteiger partial charge in [0.25, 0.3) is 5.91 Å². The van der Waals surface area contributed by atoms with E-state index in [9.17, 15) is 17.6 Å². The van der Waals surface area contributed by atoms with E-state index in [2.05, 4.69) is 5.32 Å². The molecule has 3 rings (SSSR count). The minimum absolute atomic E-state index is 0.0536. The molecule has 6 nitrogen and oxygen atoms in total. The topological polar surface area (TPSA) is 75.7 Å². The maximum absolute atomic E-state index is 13.2. The number of benzene rings is 3. The Labute approximate surface area is 191 Å². The maximum atomic E-state index is 13.2. The van der Waals surface area contributed by atoms with Crippen molar-refractivity contribution in [1.82, 2.24) is 5.32 Å². The van der Waals surface area contributed by atoms with Gasteiger partial charge in [-0.3, -0.25) is 9.10 Å². The van der Waals surface area contributed by atoms with E-state index in [0.29, 0.717) is 27.6 Å². The summed E-state index contributed by atoms with van der Waals surface area (Å²) in [5.41, 5.74) is 1.46. The highest BCUT2D eigenvalue weighted by molar-refractivity contribution is 7.92. The number of ether oxygens (including phenoxy) is 1. The van der Waals surface area contributed by atoms with Gasteiger partial charge in [-0.05, 0) is 54.1 Å². The van der Waals surface area contributed by atoms with Crippen LogP contribution in [-0.4, -0.2) is 33.7 Å².